The van der Waals surface area contributed by atoms with Crippen LogP contribution in [0.4, 0.5) is 0 Å². The van der Waals surface area contributed by atoms with E-state index in [1.807, 2.05) is 0 Å². The molecule has 0 aromatic heterocycles. The van der Waals surface area contributed by atoms with Gasteiger partial charge in [-0.05, 0) is 25.3 Å². The van der Waals surface area contributed by atoms with Crippen LogP contribution in [-0.2, 0) is 10.1 Å². The Labute approximate surface area is 117 Å². The van der Waals surface area contributed by atoms with E-state index >= 15 is 0 Å². The van der Waals surface area contributed by atoms with Gasteiger partial charge in [0.25, 0.3) is 10.1 Å². The van der Waals surface area contributed by atoms with Gasteiger partial charge in [0, 0.05) is 5.39 Å². The van der Waals surface area contributed by atoms with Gasteiger partial charge in [-0.15, -0.1) is 0 Å². The van der Waals surface area contributed by atoms with Crippen LogP contribution in [-0.4, -0.2) is 26.2 Å². The standard InChI is InChI=1S/C14H16O5S/c1-3-18-12-9-10-7-5-6-8-11(10)14(20(15,16)17)13(12)19-4-2/h5-9H,3-4H2,1-2H3,(H,15,16,17). The van der Waals surface area contributed by atoms with Crippen molar-refractivity contribution >= 4 is 20.9 Å². The number of hydrogen-bond donors (Lipinski definition) is 1. The first kappa shape index (κ1) is 14.6. The molecule has 0 amide bonds. The van der Waals surface area contributed by atoms with Gasteiger partial charge in [-0.25, -0.2) is 0 Å². The molecule has 0 radical (unpaired) electrons. The van der Waals surface area contributed by atoms with Gasteiger partial charge < -0.3 is 9.47 Å². The van der Waals surface area contributed by atoms with E-state index in [4.69, 9.17) is 9.47 Å². The minimum atomic E-state index is -4.43. The highest BCUT2D eigenvalue weighted by molar-refractivity contribution is 7.86. The van der Waals surface area contributed by atoms with Crippen molar-refractivity contribution in [3.8, 4) is 11.5 Å². The largest absolute Gasteiger partial charge is 0.490 e. The van der Waals surface area contributed by atoms with Gasteiger partial charge in [-0.3, -0.25) is 4.55 Å². The average Bonchev–Trinajstić information content (AvgIpc) is 2.38. The summed E-state index contributed by atoms with van der Waals surface area (Å²) >= 11 is 0. The third kappa shape index (κ3) is 2.71. The third-order valence-corrected chi connectivity index (χ3v) is 3.69. The first-order valence-corrected chi connectivity index (χ1v) is 7.71. The van der Waals surface area contributed by atoms with Gasteiger partial charge in [-0.2, -0.15) is 8.42 Å². The van der Waals surface area contributed by atoms with E-state index in [1.54, 1.807) is 44.2 Å². The van der Waals surface area contributed by atoms with E-state index in [-0.39, 0.29) is 17.3 Å². The molecule has 2 aromatic carbocycles. The van der Waals surface area contributed by atoms with E-state index in [2.05, 4.69) is 0 Å². The van der Waals surface area contributed by atoms with Crippen LogP contribution in [0.3, 0.4) is 0 Å². The third-order valence-electron chi connectivity index (χ3n) is 2.77. The summed E-state index contributed by atoms with van der Waals surface area (Å²) in [5.41, 5.74) is 0. The van der Waals surface area contributed by atoms with Crippen molar-refractivity contribution in [2.45, 2.75) is 18.7 Å². The Kier molecular flexibility index (Phi) is 4.15. The maximum absolute atomic E-state index is 11.7. The van der Waals surface area contributed by atoms with Crippen LogP contribution in [0.5, 0.6) is 11.5 Å². The number of benzene rings is 2. The minimum Gasteiger partial charge on any atom is -0.490 e. The minimum absolute atomic E-state index is 0.0514. The fraction of sp³-hybridized carbons (Fsp3) is 0.286. The van der Waals surface area contributed by atoms with Crippen molar-refractivity contribution in [2.24, 2.45) is 0 Å². The quantitative estimate of drug-likeness (QED) is 0.859. The van der Waals surface area contributed by atoms with Crippen molar-refractivity contribution < 1.29 is 22.4 Å². The van der Waals surface area contributed by atoms with Crippen molar-refractivity contribution in [3.05, 3.63) is 30.3 Å². The number of rotatable bonds is 5. The first-order chi connectivity index (χ1) is 9.49. The molecule has 2 aromatic rings. The Hall–Kier alpha value is -1.79. The van der Waals surface area contributed by atoms with E-state index in [0.717, 1.165) is 0 Å². The highest BCUT2D eigenvalue weighted by Gasteiger charge is 2.24. The molecule has 0 unspecified atom stereocenters. The molecule has 0 saturated carbocycles. The lowest BCUT2D eigenvalue weighted by Gasteiger charge is -2.16. The summed E-state index contributed by atoms with van der Waals surface area (Å²) in [7, 11) is -4.43. The predicted molar refractivity (Wildman–Crippen MR) is 76.1 cm³/mol. The smallest absolute Gasteiger partial charge is 0.299 e. The van der Waals surface area contributed by atoms with E-state index in [0.29, 0.717) is 23.1 Å². The summed E-state index contributed by atoms with van der Waals surface area (Å²) in [5, 5.41) is 1.06. The van der Waals surface area contributed by atoms with Crippen LogP contribution >= 0.6 is 0 Å². The highest BCUT2D eigenvalue weighted by Crippen LogP contribution is 2.40. The molecule has 0 bridgehead atoms. The molecule has 0 saturated heterocycles. The lowest BCUT2D eigenvalue weighted by Crippen LogP contribution is -2.07. The van der Waals surface area contributed by atoms with Gasteiger partial charge in [0.1, 0.15) is 4.90 Å². The first-order valence-electron chi connectivity index (χ1n) is 6.27. The molecule has 20 heavy (non-hydrogen) atoms. The van der Waals surface area contributed by atoms with Gasteiger partial charge >= 0.3 is 0 Å². The van der Waals surface area contributed by atoms with Crippen molar-refractivity contribution in [1.29, 1.82) is 0 Å². The average molecular weight is 296 g/mol. The van der Waals surface area contributed by atoms with Crippen molar-refractivity contribution in [2.75, 3.05) is 13.2 Å². The van der Waals surface area contributed by atoms with E-state index in [9.17, 15) is 13.0 Å². The molecule has 5 nitrogen and oxygen atoms in total. The maximum atomic E-state index is 11.7. The second-order valence-corrected chi connectivity index (χ2v) is 5.45. The fourth-order valence-corrected chi connectivity index (χ4v) is 2.93. The second-order valence-electron chi connectivity index (χ2n) is 4.10. The predicted octanol–water partition coefficient (Wildman–Crippen LogP) is 2.88. The summed E-state index contributed by atoms with van der Waals surface area (Å²) in [6, 6.07) is 8.57. The molecule has 0 atom stereocenters. The Balaban J connectivity index is 2.89. The highest BCUT2D eigenvalue weighted by atomic mass is 32.2. The van der Waals surface area contributed by atoms with E-state index in [1.165, 1.54) is 0 Å². The van der Waals surface area contributed by atoms with Gasteiger partial charge in [-0.1, -0.05) is 24.3 Å². The van der Waals surface area contributed by atoms with Crippen LogP contribution in [0.15, 0.2) is 35.2 Å². The van der Waals surface area contributed by atoms with Crippen LogP contribution in [0, 0.1) is 0 Å². The zero-order valence-electron chi connectivity index (χ0n) is 11.3. The lowest BCUT2D eigenvalue weighted by atomic mass is 10.1. The summed E-state index contributed by atoms with van der Waals surface area (Å²) in [6.45, 7) is 4.15. The van der Waals surface area contributed by atoms with Gasteiger partial charge in [0.15, 0.2) is 11.5 Å². The molecule has 0 spiro atoms. The van der Waals surface area contributed by atoms with Gasteiger partial charge in [0.2, 0.25) is 0 Å². The normalized spacial score (nSPS) is 11.6. The summed E-state index contributed by atoms with van der Waals surface area (Å²) in [6.07, 6.45) is 0. The number of ether oxygens (including phenoxy) is 2. The van der Waals surface area contributed by atoms with Crippen LogP contribution in [0.1, 0.15) is 13.8 Å². The monoisotopic (exact) mass is 296 g/mol. The van der Waals surface area contributed by atoms with Crippen LogP contribution in [0.25, 0.3) is 10.8 Å². The molecular weight excluding hydrogens is 280 g/mol. The molecule has 108 valence electrons. The Morgan fingerprint density at radius 1 is 1.10 bits per heavy atom. The zero-order valence-corrected chi connectivity index (χ0v) is 12.1. The van der Waals surface area contributed by atoms with Crippen molar-refractivity contribution in [3.63, 3.8) is 0 Å². The molecule has 0 aliphatic heterocycles. The fourth-order valence-electron chi connectivity index (χ4n) is 2.07. The molecule has 1 N–H and O–H groups in total. The molecular formula is C14H16O5S. The second kappa shape index (κ2) is 5.68. The molecule has 6 heteroatoms. The lowest BCUT2D eigenvalue weighted by molar-refractivity contribution is 0.281. The SMILES string of the molecule is CCOc1cc2ccccc2c(S(=O)(=O)O)c1OCC. The van der Waals surface area contributed by atoms with Gasteiger partial charge in [0.05, 0.1) is 13.2 Å². The molecule has 0 fully saturated rings. The molecule has 0 heterocycles. The number of fused-ring (bicyclic) bond motifs is 1. The Morgan fingerprint density at radius 3 is 2.35 bits per heavy atom. The number of hydrogen-bond acceptors (Lipinski definition) is 4. The topological polar surface area (TPSA) is 72.8 Å². The maximum Gasteiger partial charge on any atom is 0.299 e. The van der Waals surface area contributed by atoms with Crippen LogP contribution < -0.4 is 9.47 Å². The summed E-state index contributed by atoms with van der Waals surface area (Å²) < 4.78 is 43.8. The molecule has 2 rings (SSSR count). The Morgan fingerprint density at radius 2 is 1.75 bits per heavy atom. The molecule has 0 aliphatic rings. The van der Waals surface area contributed by atoms with Crippen LogP contribution in [0.2, 0.25) is 0 Å². The zero-order chi connectivity index (χ0) is 14.8. The molecule has 0 aliphatic carbocycles. The van der Waals surface area contributed by atoms with E-state index < -0.39 is 10.1 Å². The Bertz CT molecular complexity index is 722. The van der Waals surface area contributed by atoms with Crippen molar-refractivity contribution in [1.82, 2.24) is 0 Å². The summed E-state index contributed by atoms with van der Waals surface area (Å²) in [5.74, 6) is 0.358. The summed E-state index contributed by atoms with van der Waals surface area (Å²) in [4.78, 5) is -0.249.